The molecule has 1 aliphatic rings. The average Bonchev–Trinajstić information content (AvgIpc) is 3.67. The number of hydrogen-bond donors (Lipinski definition) is 1. The van der Waals surface area contributed by atoms with Gasteiger partial charge < -0.3 is 38.9 Å². The Morgan fingerprint density at radius 1 is 0.708 bits per heavy atom. The smallest absolute Gasteiger partial charge is 0.311 e. The van der Waals surface area contributed by atoms with E-state index in [1.807, 2.05) is 54.6 Å². The Labute approximate surface area is 386 Å². The van der Waals surface area contributed by atoms with Crippen molar-refractivity contribution in [2.75, 3.05) is 6.61 Å². The minimum atomic E-state index is -1.82. The van der Waals surface area contributed by atoms with Crippen LogP contribution in [0.25, 0.3) is 11.0 Å². The normalized spacial score (nSPS) is 20.0. The molecule has 0 radical (unpaired) electrons. The first-order chi connectivity index (χ1) is 32.5. The Kier molecular flexibility index (Phi) is 13.6. The summed E-state index contributed by atoms with van der Waals surface area (Å²) < 4.78 is 76.4. The minimum absolute atomic E-state index is 0.182. The maximum atomic E-state index is 14.0. The molecule has 1 fully saturated rings. The molecule has 16 heteroatoms. The number of carbonyl (C=O) groups excluding carboxylic acids is 5. The van der Waals surface area contributed by atoms with Gasteiger partial charge in [-0.1, -0.05) is 42.5 Å². The monoisotopic (exact) mass is 904 g/mol. The molecule has 16 nitrogen and oxygen atoms in total. The summed E-state index contributed by atoms with van der Waals surface area (Å²) in [5.74, 6) is -3.93. The van der Waals surface area contributed by atoms with E-state index in [1.54, 1.807) is 6.07 Å². The van der Waals surface area contributed by atoms with E-state index >= 15 is 0 Å². The molecular formula is C49H64N4O12. The van der Waals surface area contributed by atoms with Crippen LogP contribution < -0.4 is 15.2 Å². The largest absolute Gasteiger partial charge is 0.489 e. The molecule has 1 amide bonds. The topological polar surface area (TPSA) is 207 Å². The second-order valence-corrected chi connectivity index (χ2v) is 18.9. The van der Waals surface area contributed by atoms with Gasteiger partial charge in [0.2, 0.25) is 24.2 Å². The Balaban J connectivity index is 1.62. The van der Waals surface area contributed by atoms with E-state index in [0.29, 0.717) is 36.1 Å². The number of pyridine rings is 1. The van der Waals surface area contributed by atoms with Crippen molar-refractivity contribution in [1.82, 2.24) is 14.8 Å². The van der Waals surface area contributed by atoms with Gasteiger partial charge in [-0.15, -0.1) is 5.10 Å². The van der Waals surface area contributed by atoms with Gasteiger partial charge in [0.05, 0.1) is 27.0 Å². The number of hydrogen-bond acceptors (Lipinski definition) is 14. The third-order valence-corrected chi connectivity index (χ3v) is 9.98. The quantitative estimate of drug-likeness (QED) is 0.0957. The van der Waals surface area contributed by atoms with E-state index in [9.17, 15) is 24.0 Å². The molecule has 2 N–H and O–H groups in total. The lowest BCUT2D eigenvalue weighted by Gasteiger charge is -2.45. The molecule has 352 valence electrons. The van der Waals surface area contributed by atoms with Crippen LogP contribution in [0.3, 0.4) is 0 Å². The zero-order chi connectivity index (χ0) is 50.9. The molecule has 2 aromatic carbocycles. The van der Waals surface area contributed by atoms with Gasteiger partial charge >= 0.3 is 23.9 Å². The van der Waals surface area contributed by atoms with Gasteiger partial charge in [0.25, 0.3) is 0 Å². The van der Waals surface area contributed by atoms with E-state index in [1.165, 1.54) is 66.3 Å². The zero-order valence-corrected chi connectivity index (χ0v) is 38.4. The number of amides is 1. The van der Waals surface area contributed by atoms with Gasteiger partial charge in [-0.3, -0.25) is 24.0 Å². The van der Waals surface area contributed by atoms with Gasteiger partial charge in [0, 0.05) is 11.7 Å². The van der Waals surface area contributed by atoms with Gasteiger partial charge in [0.1, 0.15) is 31.6 Å². The number of aromatic nitrogens is 3. The fourth-order valence-corrected chi connectivity index (χ4v) is 6.27. The van der Waals surface area contributed by atoms with Crippen molar-refractivity contribution < 1.29 is 62.6 Å². The first-order valence-electron chi connectivity index (χ1n) is 24.0. The van der Waals surface area contributed by atoms with Gasteiger partial charge in [-0.05, 0) is 131 Å². The van der Waals surface area contributed by atoms with Crippen molar-refractivity contribution in [2.45, 2.75) is 140 Å². The summed E-state index contributed by atoms with van der Waals surface area (Å²) in [6, 6.07) is 19.1. The number of esters is 4. The molecule has 5 rings (SSSR count). The second-order valence-electron chi connectivity index (χ2n) is 18.9. The van der Waals surface area contributed by atoms with E-state index in [2.05, 4.69) is 10.1 Å². The number of benzene rings is 2. The van der Waals surface area contributed by atoms with Crippen LogP contribution in [0.1, 0.15) is 105 Å². The number of ether oxygens (including phenoxy) is 7. The SMILES string of the molecule is [2H]CC(C)(C)C(=O)OC[C@H]1OC(Oc2nn(CC(N)=O)c3nccc(CCc4ccc(OCc5ccccc5)cc4)c23)[C@H](OC(=O)C(C)(C)C[2H])[C@@H](OC(=O)C(C)(C)C[2H])[C@@H]1OC(=O)C(C)(C)C[2H]. The lowest BCUT2D eigenvalue weighted by Crippen LogP contribution is -2.65. The highest BCUT2D eigenvalue weighted by molar-refractivity contribution is 5.86. The molecule has 2 aromatic heterocycles. The molecule has 5 atom stereocenters. The summed E-state index contributed by atoms with van der Waals surface area (Å²) in [4.78, 5) is 72.2. The first-order valence-corrected chi connectivity index (χ1v) is 21.1. The van der Waals surface area contributed by atoms with Crippen LogP contribution in [0, 0.1) is 21.7 Å². The highest BCUT2D eigenvalue weighted by atomic mass is 16.7. The van der Waals surface area contributed by atoms with Crippen molar-refractivity contribution in [3.05, 3.63) is 83.6 Å². The van der Waals surface area contributed by atoms with E-state index in [-0.39, 0.29) is 18.4 Å². The third kappa shape index (κ3) is 13.3. The van der Waals surface area contributed by atoms with Gasteiger partial charge in [-0.25, -0.2) is 9.67 Å². The number of rotatable bonds is 15. The van der Waals surface area contributed by atoms with Crippen LogP contribution in [0.4, 0.5) is 0 Å². The van der Waals surface area contributed by atoms with Crippen LogP contribution in [0.15, 0.2) is 66.9 Å². The van der Waals surface area contributed by atoms with E-state index in [0.717, 1.165) is 11.1 Å². The highest BCUT2D eigenvalue weighted by Crippen LogP contribution is 2.37. The number of aryl methyl sites for hydroxylation is 2. The number of primary amides is 1. The van der Waals surface area contributed by atoms with Crippen LogP contribution in [-0.4, -0.2) is 81.9 Å². The van der Waals surface area contributed by atoms with Crippen LogP contribution in [0.2, 0.25) is 0 Å². The van der Waals surface area contributed by atoms with Crippen LogP contribution in [-0.2, 0) is 73.7 Å². The maximum Gasteiger partial charge on any atom is 0.311 e. The number of carbonyl (C=O) groups is 5. The molecule has 0 bridgehead atoms. The van der Waals surface area contributed by atoms with Gasteiger partial charge in [0.15, 0.2) is 17.9 Å². The van der Waals surface area contributed by atoms with Crippen LogP contribution in [0.5, 0.6) is 11.6 Å². The predicted molar refractivity (Wildman–Crippen MR) is 239 cm³/mol. The fourth-order valence-electron chi connectivity index (χ4n) is 6.27. The van der Waals surface area contributed by atoms with E-state index < -0.39 is 116 Å². The van der Waals surface area contributed by atoms with Crippen molar-refractivity contribution in [2.24, 2.45) is 27.4 Å². The summed E-state index contributed by atoms with van der Waals surface area (Å²) in [6.07, 6.45) is -6.27. The van der Waals surface area contributed by atoms with E-state index in [4.69, 9.17) is 44.4 Å². The molecule has 0 aliphatic carbocycles. The molecule has 1 unspecified atom stereocenters. The Bertz CT molecular complexity index is 2430. The Morgan fingerprint density at radius 2 is 1.28 bits per heavy atom. The lowest BCUT2D eigenvalue weighted by atomic mass is 9.93. The van der Waals surface area contributed by atoms with Crippen LogP contribution >= 0.6 is 0 Å². The number of fused-ring (bicyclic) bond motifs is 1. The Morgan fingerprint density at radius 3 is 1.86 bits per heavy atom. The summed E-state index contributed by atoms with van der Waals surface area (Å²) in [5.41, 5.74) is 2.86. The average molecular weight is 905 g/mol. The molecule has 3 heterocycles. The fraction of sp³-hybridized carbons (Fsp3) is 0.531. The lowest BCUT2D eigenvalue weighted by molar-refractivity contribution is -0.294. The standard InChI is InChI=1S/C49H64N4O12/c1-46(2,3)42(55)60-28-33-36(62-43(56)47(4,5)6)37(63-44(57)48(7,8)9)38(64-45(58)49(10,11)12)41(61-33)65-40-35-31(24-25-51-39(35)53(52-40)26-34(50)54)21-18-29-19-22-32(23-20-29)59-27-30-16-14-13-15-17-30/h13-17,19-20,22-25,33,36-38,41H,18,21,26-28H2,1-12H3,(H2,50,54)/t33-,36-,37+,38-,41?/m1/s1/i1D,4D,7D,10D. The number of nitrogens with zero attached hydrogens (tertiary/aromatic N) is 3. The predicted octanol–water partition coefficient (Wildman–Crippen LogP) is 6.85. The van der Waals surface area contributed by atoms with Crippen molar-refractivity contribution in [3.8, 4) is 11.6 Å². The summed E-state index contributed by atoms with van der Waals surface area (Å²) in [5, 5.41) is 4.90. The first kappa shape index (κ1) is 44.2. The minimum Gasteiger partial charge on any atom is -0.489 e. The zero-order valence-electron chi connectivity index (χ0n) is 42.4. The molecule has 1 saturated heterocycles. The molecule has 0 saturated carbocycles. The summed E-state index contributed by atoms with van der Waals surface area (Å²) in [6.45, 7) is 9.35. The van der Waals surface area contributed by atoms with Crippen molar-refractivity contribution >= 4 is 40.8 Å². The highest BCUT2D eigenvalue weighted by Gasteiger charge is 2.56. The molecule has 4 aromatic rings. The second kappa shape index (κ2) is 20.0. The van der Waals surface area contributed by atoms with Gasteiger partial charge in [-0.2, -0.15) is 0 Å². The Hall–Kier alpha value is -6.03. The summed E-state index contributed by atoms with van der Waals surface area (Å²) in [7, 11) is 0. The molecule has 0 spiro atoms. The molecular weight excluding hydrogens is 837 g/mol. The third-order valence-electron chi connectivity index (χ3n) is 9.98. The summed E-state index contributed by atoms with van der Waals surface area (Å²) >= 11 is 0. The molecule has 1 aliphatic heterocycles. The number of nitrogens with two attached hydrogens (primary N) is 1. The molecule has 65 heavy (non-hydrogen) atoms. The van der Waals surface area contributed by atoms with Crippen molar-refractivity contribution in [3.63, 3.8) is 0 Å². The van der Waals surface area contributed by atoms with Crippen molar-refractivity contribution in [1.29, 1.82) is 0 Å². The maximum absolute atomic E-state index is 14.0.